The first-order valence-corrected chi connectivity index (χ1v) is 6.67. The van der Waals surface area contributed by atoms with E-state index in [9.17, 15) is 9.90 Å². The van der Waals surface area contributed by atoms with Crippen molar-refractivity contribution >= 4 is 11.6 Å². The van der Waals surface area contributed by atoms with Gasteiger partial charge in [0.15, 0.2) is 0 Å². The SMILES string of the molecule is CCC(C)(O)CNC(C)c1cccc(NC(C)=O)c1. The molecule has 2 unspecified atom stereocenters. The van der Waals surface area contributed by atoms with Gasteiger partial charge in [-0.2, -0.15) is 0 Å². The van der Waals surface area contributed by atoms with Crippen molar-refractivity contribution in [2.45, 2.75) is 45.8 Å². The van der Waals surface area contributed by atoms with Crippen LogP contribution in [0.15, 0.2) is 24.3 Å². The number of amides is 1. The van der Waals surface area contributed by atoms with Gasteiger partial charge in [0.05, 0.1) is 5.60 Å². The van der Waals surface area contributed by atoms with Gasteiger partial charge >= 0.3 is 0 Å². The van der Waals surface area contributed by atoms with Crippen LogP contribution < -0.4 is 10.6 Å². The Morgan fingerprint density at radius 3 is 2.74 bits per heavy atom. The van der Waals surface area contributed by atoms with Gasteiger partial charge in [-0.1, -0.05) is 19.1 Å². The second-order valence-electron chi connectivity index (χ2n) is 5.26. The number of rotatable bonds is 6. The third-order valence-corrected chi connectivity index (χ3v) is 3.26. The van der Waals surface area contributed by atoms with Crippen LogP contribution in [-0.4, -0.2) is 23.2 Å². The molecule has 0 aliphatic heterocycles. The Labute approximate surface area is 115 Å². The van der Waals surface area contributed by atoms with Crippen molar-refractivity contribution in [3.8, 4) is 0 Å². The van der Waals surface area contributed by atoms with Gasteiger partial charge in [-0.25, -0.2) is 0 Å². The molecule has 0 aliphatic rings. The zero-order valence-electron chi connectivity index (χ0n) is 12.2. The summed E-state index contributed by atoms with van der Waals surface area (Å²) in [6.45, 7) is 7.85. The van der Waals surface area contributed by atoms with Crippen molar-refractivity contribution < 1.29 is 9.90 Å². The molecule has 0 radical (unpaired) electrons. The Kier molecular flexibility index (Phi) is 5.51. The highest BCUT2D eigenvalue weighted by atomic mass is 16.3. The van der Waals surface area contributed by atoms with Gasteiger partial charge in [0.1, 0.15) is 0 Å². The summed E-state index contributed by atoms with van der Waals surface area (Å²) in [5, 5.41) is 16.0. The molecule has 19 heavy (non-hydrogen) atoms. The smallest absolute Gasteiger partial charge is 0.221 e. The fourth-order valence-electron chi connectivity index (χ4n) is 1.70. The van der Waals surface area contributed by atoms with E-state index in [-0.39, 0.29) is 11.9 Å². The first-order valence-electron chi connectivity index (χ1n) is 6.67. The van der Waals surface area contributed by atoms with Crippen LogP contribution in [0.4, 0.5) is 5.69 Å². The van der Waals surface area contributed by atoms with Crippen LogP contribution in [0.5, 0.6) is 0 Å². The molecule has 0 aliphatic carbocycles. The average Bonchev–Trinajstić information content (AvgIpc) is 2.35. The van der Waals surface area contributed by atoms with Crippen LogP contribution in [-0.2, 0) is 4.79 Å². The number of anilines is 1. The van der Waals surface area contributed by atoms with E-state index in [4.69, 9.17) is 0 Å². The molecule has 0 bridgehead atoms. The average molecular weight is 264 g/mol. The third kappa shape index (κ3) is 5.41. The Hall–Kier alpha value is -1.39. The van der Waals surface area contributed by atoms with Crippen molar-refractivity contribution in [1.29, 1.82) is 0 Å². The molecule has 3 N–H and O–H groups in total. The van der Waals surface area contributed by atoms with Crippen LogP contribution in [0.2, 0.25) is 0 Å². The standard InChI is InChI=1S/C15H24N2O2/c1-5-15(4,19)10-16-11(2)13-7-6-8-14(9-13)17-12(3)18/h6-9,11,16,19H,5,10H2,1-4H3,(H,17,18). The number of aliphatic hydroxyl groups is 1. The predicted molar refractivity (Wildman–Crippen MR) is 78.1 cm³/mol. The molecule has 0 saturated heterocycles. The van der Waals surface area contributed by atoms with E-state index in [2.05, 4.69) is 10.6 Å². The summed E-state index contributed by atoms with van der Waals surface area (Å²) in [6.07, 6.45) is 0.707. The van der Waals surface area contributed by atoms with Crippen LogP contribution in [0.3, 0.4) is 0 Å². The molecule has 4 heteroatoms. The van der Waals surface area contributed by atoms with Gasteiger partial charge in [-0.3, -0.25) is 4.79 Å². The number of hydrogen-bond acceptors (Lipinski definition) is 3. The van der Waals surface area contributed by atoms with Crippen molar-refractivity contribution in [2.75, 3.05) is 11.9 Å². The number of carbonyl (C=O) groups excluding carboxylic acids is 1. The molecule has 1 aromatic carbocycles. The van der Waals surface area contributed by atoms with E-state index in [1.807, 2.05) is 45.0 Å². The van der Waals surface area contributed by atoms with E-state index in [1.54, 1.807) is 0 Å². The fraction of sp³-hybridized carbons (Fsp3) is 0.533. The second kappa shape index (κ2) is 6.68. The Morgan fingerprint density at radius 2 is 2.16 bits per heavy atom. The van der Waals surface area contributed by atoms with E-state index in [0.717, 1.165) is 11.3 Å². The van der Waals surface area contributed by atoms with E-state index in [0.29, 0.717) is 13.0 Å². The van der Waals surface area contributed by atoms with E-state index >= 15 is 0 Å². The van der Waals surface area contributed by atoms with E-state index in [1.165, 1.54) is 6.92 Å². The summed E-state index contributed by atoms with van der Waals surface area (Å²) >= 11 is 0. The van der Waals surface area contributed by atoms with Crippen LogP contribution >= 0.6 is 0 Å². The van der Waals surface area contributed by atoms with Crippen molar-refractivity contribution in [3.63, 3.8) is 0 Å². The molecule has 0 fully saturated rings. The van der Waals surface area contributed by atoms with Crippen LogP contribution in [0.1, 0.15) is 45.7 Å². The van der Waals surface area contributed by atoms with Gasteiger partial charge in [-0.15, -0.1) is 0 Å². The maximum atomic E-state index is 11.0. The van der Waals surface area contributed by atoms with Crippen molar-refractivity contribution in [2.24, 2.45) is 0 Å². The zero-order valence-corrected chi connectivity index (χ0v) is 12.2. The lowest BCUT2D eigenvalue weighted by molar-refractivity contribution is -0.114. The fourth-order valence-corrected chi connectivity index (χ4v) is 1.70. The zero-order chi connectivity index (χ0) is 14.5. The lowest BCUT2D eigenvalue weighted by atomic mass is 10.0. The molecule has 106 valence electrons. The van der Waals surface area contributed by atoms with Crippen LogP contribution in [0, 0.1) is 0 Å². The minimum Gasteiger partial charge on any atom is -0.389 e. The van der Waals surface area contributed by atoms with Gasteiger partial charge in [0.2, 0.25) is 5.91 Å². The highest BCUT2D eigenvalue weighted by molar-refractivity contribution is 5.88. The predicted octanol–water partition coefficient (Wildman–Crippen LogP) is 2.46. The topological polar surface area (TPSA) is 61.4 Å². The summed E-state index contributed by atoms with van der Waals surface area (Å²) in [6, 6.07) is 7.84. The molecule has 0 aromatic heterocycles. The maximum Gasteiger partial charge on any atom is 0.221 e. The molecular weight excluding hydrogens is 240 g/mol. The van der Waals surface area contributed by atoms with Gasteiger partial charge in [-0.05, 0) is 38.0 Å². The highest BCUT2D eigenvalue weighted by Gasteiger charge is 2.18. The van der Waals surface area contributed by atoms with Gasteiger partial charge in [0.25, 0.3) is 0 Å². The normalized spacial score (nSPS) is 15.6. The van der Waals surface area contributed by atoms with Crippen molar-refractivity contribution in [3.05, 3.63) is 29.8 Å². The molecule has 0 spiro atoms. The van der Waals surface area contributed by atoms with Gasteiger partial charge < -0.3 is 15.7 Å². The first-order chi connectivity index (χ1) is 8.84. The lowest BCUT2D eigenvalue weighted by Gasteiger charge is -2.25. The highest BCUT2D eigenvalue weighted by Crippen LogP contribution is 2.18. The Balaban J connectivity index is 2.66. The molecular formula is C15H24N2O2. The summed E-state index contributed by atoms with van der Waals surface area (Å²) in [5.74, 6) is -0.0771. The number of carbonyl (C=O) groups is 1. The minimum atomic E-state index is -0.691. The largest absolute Gasteiger partial charge is 0.389 e. The lowest BCUT2D eigenvalue weighted by Crippen LogP contribution is -2.38. The monoisotopic (exact) mass is 264 g/mol. The molecule has 1 aromatic rings. The molecule has 0 heterocycles. The molecule has 4 nitrogen and oxygen atoms in total. The Morgan fingerprint density at radius 1 is 1.47 bits per heavy atom. The first kappa shape index (κ1) is 15.7. The molecule has 0 saturated carbocycles. The minimum absolute atomic E-state index is 0.0771. The second-order valence-corrected chi connectivity index (χ2v) is 5.26. The molecule has 1 rings (SSSR count). The van der Waals surface area contributed by atoms with Gasteiger partial charge in [0, 0.05) is 25.2 Å². The summed E-state index contributed by atoms with van der Waals surface area (Å²) in [4.78, 5) is 11.0. The quantitative estimate of drug-likeness (QED) is 0.739. The van der Waals surface area contributed by atoms with E-state index < -0.39 is 5.60 Å². The number of hydrogen-bond donors (Lipinski definition) is 3. The Bertz CT molecular complexity index is 430. The molecule has 2 atom stereocenters. The summed E-state index contributed by atoms with van der Waals surface area (Å²) in [5.41, 5.74) is 1.18. The van der Waals surface area contributed by atoms with Crippen LogP contribution in [0.25, 0.3) is 0 Å². The number of benzene rings is 1. The third-order valence-electron chi connectivity index (χ3n) is 3.26. The maximum absolute atomic E-state index is 11.0. The van der Waals surface area contributed by atoms with Crippen molar-refractivity contribution in [1.82, 2.24) is 5.32 Å². The number of nitrogens with one attached hydrogen (secondary N) is 2. The summed E-state index contributed by atoms with van der Waals surface area (Å²) < 4.78 is 0. The summed E-state index contributed by atoms with van der Waals surface area (Å²) in [7, 11) is 0. The molecule has 1 amide bonds.